The van der Waals surface area contributed by atoms with Crippen LogP contribution in [-0.4, -0.2) is 9.97 Å². The van der Waals surface area contributed by atoms with Crippen molar-refractivity contribution in [2.24, 2.45) is 0 Å². The summed E-state index contributed by atoms with van der Waals surface area (Å²) in [7, 11) is 0. The Balaban J connectivity index is 2.15. The highest BCUT2D eigenvalue weighted by molar-refractivity contribution is 5.79. The van der Waals surface area contributed by atoms with E-state index in [1.807, 2.05) is 38.1 Å². The highest BCUT2D eigenvalue weighted by Crippen LogP contribution is 2.25. The second kappa shape index (κ2) is 3.74. The molecule has 1 N–H and O–H groups in total. The summed E-state index contributed by atoms with van der Waals surface area (Å²) < 4.78 is 5.50. The van der Waals surface area contributed by atoms with Crippen LogP contribution in [0.3, 0.4) is 0 Å². The summed E-state index contributed by atoms with van der Waals surface area (Å²) in [5.41, 5.74) is 5.05. The second-order valence-corrected chi connectivity index (χ2v) is 4.25. The molecule has 4 heteroatoms. The minimum Gasteiger partial charge on any atom is -0.441 e. The van der Waals surface area contributed by atoms with E-state index in [0.717, 1.165) is 28.1 Å². The predicted octanol–water partition coefficient (Wildman–Crippen LogP) is 3.31. The van der Waals surface area contributed by atoms with E-state index in [0.29, 0.717) is 11.5 Å². The van der Waals surface area contributed by atoms with Crippen molar-refractivity contribution in [2.75, 3.05) is 0 Å². The van der Waals surface area contributed by atoms with Crippen molar-refractivity contribution >= 4 is 11.1 Å². The van der Waals surface area contributed by atoms with E-state index in [-0.39, 0.29) is 0 Å². The van der Waals surface area contributed by atoms with Crippen molar-refractivity contribution in [1.29, 1.82) is 5.26 Å². The van der Waals surface area contributed by atoms with Crippen molar-refractivity contribution in [3.63, 3.8) is 0 Å². The Morgan fingerprint density at radius 1 is 1.28 bits per heavy atom. The number of oxazole rings is 1. The lowest BCUT2D eigenvalue weighted by atomic mass is 10.1. The molecule has 0 fully saturated rings. The average molecular weight is 237 g/mol. The van der Waals surface area contributed by atoms with Gasteiger partial charge in [0.2, 0.25) is 0 Å². The molecule has 0 atom stereocenters. The van der Waals surface area contributed by atoms with Crippen LogP contribution in [0.4, 0.5) is 0 Å². The summed E-state index contributed by atoms with van der Waals surface area (Å²) in [4.78, 5) is 7.46. The first-order chi connectivity index (χ1) is 8.67. The van der Waals surface area contributed by atoms with Gasteiger partial charge >= 0.3 is 0 Å². The van der Waals surface area contributed by atoms with Gasteiger partial charge in [0.05, 0.1) is 5.56 Å². The van der Waals surface area contributed by atoms with E-state index in [1.54, 1.807) is 0 Å². The summed E-state index contributed by atoms with van der Waals surface area (Å²) in [6.45, 7) is 3.71. The van der Waals surface area contributed by atoms with Gasteiger partial charge in [-0.25, -0.2) is 4.98 Å². The van der Waals surface area contributed by atoms with Crippen LogP contribution in [0.15, 0.2) is 28.7 Å². The molecule has 88 valence electrons. The standard InChI is InChI=1S/C14H11N3O/c1-8-11(7-15)5-13(16-8)10-3-4-12-14(6-10)18-9(2)17-12/h3-6,16H,1-2H3. The first-order valence-corrected chi connectivity index (χ1v) is 5.64. The smallest absolute Gasteiger partial charge is 0.192 e. The van der Waals surface area contributed by atoms with Gasteiger partial charge in [-0.15, -0.1) is 0 Å². The molecule has 1 aromatic carbocycles. The van der Waals surface area contributed by atoms with Crippen LogP contribution in [0.5, 0.6) is 0 Å². The number of nitriles is 1. The predicted molar refractivity (Wildman–Crippen MR) is 68.0 cm³/mol. The zero-order valence-corrected chi connectivity index (χ0v) is 10.1. The first-order valence-electron chi connectivity index (χ1n) is 5.64. The highest BCUT2D eigenvalue weighted by Gasteiger charge is 2.08. The van der Waals surface area contributed by atoms with Crippen molar-refractivity contribution < 1.29 is 4.42 Å². The third kappa shape index (κ3) is 1.57. The van der Waals surface area contributed by atoms with Crippen LogP contribution in [0, 0.1) is 25.2 Å². The van der Waals surface area contributed by atoms with Crippen LogP contribution < -0.4 is 0 Å². The average Bonchev–Trinajstić information content (AvgIpc) is 2.89. The Hall–Kier alpha value is -2.54. The van der Waals surface area contributed by atoms with Gasteiger partial charge in [0.25, 0.3) is 0 Å². The van der Waals surface area contributed by atoms with Crippen LogP contribution in [-0.2, 0) is 0 Å². The lowest BCUT2D eigenvalue weighted by Gasteiger charge is -1.96. The molecule has 2 aromatic heterocycles. The van der Waals surface area contributed by atoms with Crippen molar-refractivity contribution in [2.45, 2.75) is 13.8 Å². The minimum absolute atomic E-state index is 0.655. The fourth-order valence-corrected chi connectivity index (χ4v) is 2.04. The van der Waals surface area contributed by atoms with Crippen LogP contribution >= 0.6 is 0 Å². The number of aromatic nitrogens is 2. The number of rotatable bonds is 1. The van der Waals surface area contributed by atoms with Crippen molar-refractivity contribution in [3.05, 3.63) is 41.4 Å². The van der Waals surface area contributed by atoms with E-state index in [2.05, 4.69) is 16.0 Å². The maximum atomic E-state index is 8.96. The van der Waals surface area contributed by atoms with Crippen molar-refractivity contribution in [3.8, 4) is 17.3 Å². The number of H-pyrrole nitrogens is 1. The van der Waals surface area contributed by atoms with Crippen LogP contribution in [0.25, 0.3) is 22.4 Å². The zero-order valence-electron chi connectivity index (χ0n) is 10.1. The second-order valence-electron chi connectivity index (χ2n) is 4.25. The summed E-state index contributed by atoms with van der Waals surface area (Å²) in [6.07, 6.45) is 0. The largest absolute Gasteiger partial charge is 0.441 e. The molecular formula is C14H11N3O. The van der Waals surface area contributed by atoms with Gasteiger partial charge in [0.15, 0.2) is 11.5 Å². The molecule has 0 saturated carbocycles. The van der Waals surface area contributed by atoms with Gasteiger partial charge in [-0.05, 0) is 25.1 Å². The molecule has 3 rings (SSSR count). The van der Waals surface area contributed by atoms with Crippen molar-refractivity contribution in [1.82, 2.24) is 9.97 Å². The molecule has 0 radical (unpaired) electrons. The van der Waals surface area contributed by atoms with Gasteiger partial charge in [-0.1, -0.05) is 6.07 Å². The SMILES string of the molecule is Cc1nc2ccc(-c3cc(C#N)c(C)[nH]3)cc2o1. The number of aromatic amines is 1. The third-order valence-corrected chi connectivity index (χ3v) is 2.94. The summed E-state index contributed by atoms with van der Waals surface area (Å²) in [6, 6.07) is 9.83. The lowest BCUT2D eigenvalue weighted by molar-refractivity contribution is 0.561. The normalized spacial score (nSPS) is 10.7. The van der Waals surface area contributed by atoms with Gasteiger partial charge < -0.3 is 9.40 Å². The van der Waals surface area contributed by atoms with Gasteiger partial charge in [0.1, 0.15) is 11.6 Å². The Bertz CT molecular complexity index is 774. The van der Waals surface area contributed by atoms with Gasteiger partial charge in [0, 0.05) is 23.9 Å². The molecule has 0 aliphatic rings. The molecular weight excluding hydrogens is 226 g/mol. The number of hydrogen-bond donors (Lipinski definition) is 1. The molecule has 0 aliphatic carbocycles. The van der Waals surface area contributed by atoms with E-state index < -0.39 is 0 Å². The Kier molecular flexibility index (Phi) is 2.20. The molecule has 0 unspecified atom stereocenters. The molecule has 0 aliphatic heterocycles. The molecule has 0 bridgehead atoms. The zero-order chi connectivity index (χ0) is 12.7. The topological polar surface area (TPSA) is 65.6 Å². The van der Waals surface area contributed by atoms with Crippen LogP contribution in [0.2, 0.25) is 0 Å². The van der Waals surface area contributed by atoms with E-state index >= 15 is 0 Å². The van der Waals surface area contributed by atoms with Gasteiger partial charge in [-0.2, -0.15) is 5.26 Å². The first kappa shape index (κ1) is 10.6. The molecule has 3 aromatic rings. The molecule has 2 heterocycles. The fourth-order valence-electron chi connectivity index (χ4n) is 2.04. The van der Waals surface area contributed by atoms with E-state index in [1.165, 1.54) is 0 Å². The number of hydrogen-bond acceptors (Lipinski definition) is 3. The fraction of sp³-hybridized carbons (Fsp3) is 0.143. The van der Waals surface area contributed by atoms with E-state index in [4.69, 9.17) is 9.68 Å². The summed E-state index contributed by atoms with van der Waals surface area (Å²) >= 11 is 0. The monoisotopic (exact) mass is 237 g/mol. The Labute approximate surface area is 104 Å². The van der Waals surface area contributed by atoms with E-state index in [9.17, 15) is 0 Å². The molecule has 4 nitrogen and oxygen atoms in total. The number of nitrogens with one attached hydrogen (secondary N) is 1. The molecule has 18 heavy (non-hydrogen) atoms. The third-order valence-electron chi connectivity index (χ3n) is 2.94. The minimum atomic E-state index is 0.655. The Morgan fingerprint density at radius 2 is 2.11 bits per heavy atom. The number of aryl methyl sites for hydroxylation is 2. The van der Waals surface area contributed by atoms with Crippen LogP contribution in [0.1, 0.15) is 17.1 Å². The maximum absolute atomic E-state index is 8.96. The molecule has 0 amide bonds. The van der Waals surface area contributed by atoms with Gasteiger partial charge in [-0.3, -0.25) is 0 Å². The molecule has 0 spiro atoms. The summed E-state index contributed by atoms with van der Waals surface area (Å²) in [5, 5.41) is 8.96. The highest BCUT2D eigenvalue weighted by atomic mass is 16.3. The number of fused-ring (bicyclic) bond motifs is 1. The quantitative estimate of drug-likeness (QED) is 0.706. The Morgan fingerprint density at radius 3 is 2.83 bits per heavy atom. The molecule has 0 saturated heterocycles. The number of benzene rings is 1. The summed E-state index contributed by atoms with van der Waals surface area (Å²) in [5.74, 6) is 0.655. The number of nitrogens with zero attached hydrogens (tertiary/aromatic N) is 2. The lowest BCUT2D eigenvalue weighted by Crippen LogP contribution is -1.78. The maximum Gasteiger partial charge on any atom is 0.192 e.